The molecule has 1 heterocycles. The van der Waals surface area contributed by atoms with Crippen LogP contribution >= 0.6 is 11.3 Å². The van der Waals surface area contributed by atoms with Crippen LogP contribution in [0.15, 0.2) is 28.7 Å². The molecule has 8 heteroatoms. The van der Waals surface area contributed by atoms with Gasteiger partial charge in [0.2, 0.25) is 5.13 Å². The number of phenols is 1. The van der Waals surface area contributed by atoms with Crippen molar-refractivity contribution in [2.75, 3.05) is 19.1 Å². The number of esters is 1. The first-order valence-corrected chi connectivity index (χ1v) is 7.76. The van der Waals surface area contributed by atoms with Crippen LogP contribution in [0, 0.1) is 0 Å². The van der Waals surface area contributed by atoms with E-state index in [2.05, 4.69) is 15.5 Å². The second-order valence-corrected chi connectivity index (χ2v) is 5.29. The summed E-state index contributed by atoms with van der Waals surface area (Å²) in [6, 6.07) is 4.95. The van der Waals surface area contributed by atoms with Crippen molar-refractivity contribution in [1.29, 1.82) is 0 Å². The van der Waals surface area contributed by atoms with Crippen LogP contribution in [0.5, 0.6) is 11.5 Å². The minimum absolute atomic E-state index is 0.0439. The number of thiazole rings is 1. The third-order valence-corrected chi connectivity index (χ3v) is 3.56. The summed E-state index contributed by atoms with van der Waals surface area (Å²) < 4.78 is 9.84. The highest BCUT2D eigenvalue weighted by Gasteiger charge is 2.08. The molecule has 0 aliphatic rings. The lowest BCUT2D eigenvalue weighted by Gasteiger charge is -2.02. The molecule has 0 fully saturated rings. The number of anilines is 1. The number of rotatable bonds is 7. The summed E-state index contributed by atoms with van der Waals surface area (Å²) in [7, 11) is 1.49. The van der Waals surface area contributed by atoms with Crippen LogP contribution < -0.4 is 10.2 Å². The second-order valence-electron chi connectivity index (χ2n) is 4.43. The molecule has 0 aliphatic carbocycles. The Balaban J connectivity index is 1.92. The molecule has 122 valence electrons. The van der Waals surface area contributed by atoms with E-state index >= 15 is 0 Å². The summed E-state index contributed by atoms with van der Waals surface area (Å²) in [6.07, 6.45) is 1.69. The highest BCUT2D eigenvalue weighted by molar-refractivity contribution is 7.13. The number of benzene rings is 1. The van der Waals surface area contributed by atoms with E-state index in [9.17, 15) is 9.90 Å². The van der Waals surface area contributed by atoms with Crippen molar-refractivity contribution in [2.45, 2.75) is 13.3 Å². The number of phenolic OH excluding ortho intramolecular Hbond substituents is 1. The number of carbonyl (C=O) groups is 1. The third kappa shape index (κ3) is 4.96. The summed E-state index contributed by atoms with van der Waals surface area (Å²) in [6.45, 7) is 2.12. The zero-order valence-electron chi connectivity index (χ0n) is 12.8. The topological polar surface area (TPSA) is 93.0 Å². The van der Waals surface area contributed by atoms with Gasteiger partial charge in [-0.05, 0) is 30.7 Å². The fraction of sp³-hybridized carbons (Fsp3) is 0.267. The van der Waals surface area contributed by atoms with Gasteiger partial charge >= 0.3 is 5.97 Å². The zero-order valence-corrected chi connectivity index (χ0v) is 13.6. The molecular weight excluding hydrogens is 318 g/mol. The first-order chi connectivity index (χ1) is 11.1. The molecule has 0 saturated heterocycles. The first kappa shape index (κ1) is 16.8. The summed E-state index contributed by atoms with van der Waals surface area (Å²) in [5, 5.41) is 16.1. The maximum absolute atomic E-state index is 11.4. The highest BCUT2D eigenvalue weighted by atomic mass is 32.1. The van der Waals surface area contributed by atoms with Crippen LogP contribution in [0.25, 0.3) is 0 Å². The number of hydrogen-bond donors (Lipinski definition) is 2. The normalized spacial score (nSPS) is 10.7. The predicted molar refractivity (Wildman–Crippen MR) is 88.3 cm³/mol. The Morgan fingerprint density at radius 3 is 3.04 bits per heavy atom. The third-order valence-electron chi connectivity index (χ3n) is 2.76. The van der Waals surface area contributed by atoms with Crippen molar-refractivity contribution in [3.05, 3.63) is 34.8 Å². The van der Waals surface area contributed by atoms with Crippen LogP contribution in [0.2, 0.25) is 0 Å². The lowest BCUT2D eigenvalue weighted by Crippen LogP contribution is -2.07. The molecule has 0 unspecified atom stereocenters. The van der Waals surface area contributed by atoms with E-state index in [4.69, 9.17) is 9.47 Å². The molecule has 0 bridgehead atoms. The summed E-state index contributed by atoms with van der Waals surface area (Å²) in [5.74, 6) is 0.141. The lowest BCUT2D eigenvalue weighted by molar-refractivity contribution is -0.142. The van der Waals surface area contributed by atoms with Gasteiger partial charge in [-0.15, -0.1) is 11.3 Å². The van der Waals surface area contributed by atoms with Crippen molar-refractivity contribution in [3.63, 3.8) is 0 Å². The average molecular weight is 335 g/mol. The quantitative estimate of drug-likeness (QED) is 0.458. The molecule has 2 rings (SSSR count). The van der Waals surface area contributed by atoms with Crippen molar-refractivity contribution in [1.82, 2.24) is 4.98 Å². The van der Waals surface area contributed by atoms with Crippen molar-refractivity contribution in [2.24, 2.45) is 5.10 Å². The smallest absolute Gasteiger partial charge is 0.311 e. The lowest BCUT2D eigenvalue weighted by atomic mass is 10.2. The number of ether oxygens (including phenoxy) is 2. The number of aromatic nitrogens is 1. The molecule has 0 radical (unpaired) electrons. The van der Waals surface area contributed by atoms with Gasteiger partial charge in [0.15, 0.2) is 11.5 Å². The standard InChI is InChI=1S/C15H17N3O4S/c1-3-22-14(20)7-11-9-23-15(17-11)18-16-8-10-4-5-13(21-2)12(19)6-10/h4-6,8-9,19H,3,7H2,1-2H3,(H,17,18). The number of nitrogens with one attached hydrogen (secondary N) is 1. The van der Waals surface area contributed by atoms with E-state index in [1.807, 2.05) is 0 Å². The zero-order chi connectivity index (χ0) is 16.7. The molecule has 23 heavy (non-hydrogen) atoms. The molecule has 0 amide bonds. The second kappa shape index (κ2) is 8.14. The molecule has 1 aromatic carbocycles. The van der Waals surface area contributed by atoms with Gasteiger partial charge < -0.3 is 14.6 Å². The maximum Gasteiger partial charge on any atom is 0.311 e. The fourth-order valence-corrected chi connectivity index (χ4v) is 2.41. The van der Waals surface area contributed by atoms with Crippen molar-refractivity contribution >= 4 is 28.7 Å². The van der Waals surface area contributed by atoms with Gasteiger partial charge in [-0.3, -0.25) is 10.2 Å². The minimum Gasteiger partial charge on any atom is -0.504 e. The number of hydrogen-bond acceptors (Lipinski definition) is 8. The summed E-state index contributed by atoms with van der Waals surface area (Å²) in [5.41, 5.74) is 4.12. The van der Waals surface area contributed by atoms with Crippen LogP contribution in [0.4, 0.5) is 5.13 Å². The van der Waals surface area contributed by atoms with Gasteiger partial charge in [0, 0.05) is 5.38 Å². The molecular formula is C15H17N3O4S. The van der Waals surface area contributed by atoms with Gasteiger partial charge in [0.05, 0.1) is 32.0 Å². The predicted octanol–water partition coefficient (Wildman–Crippen LogP) is 2.41. The van der Waals surface area contributed by atoms with Crippen LogP contribution in [-0.2, 0) is 16.0 Å². The number of aromatic hydroxyl groups is 1. The Morgan fingerprint density at radius 2 is 2.35 bits per heavy atom. The summed E-state index contributed by atoms with van der Waals surface area (Å²) in [4.78, 5) is 15.6. The first-order valence-electron chi connectivity index (χ1n) is 6.88. The molecule has 0 spiro atoms. The molecule has 2 N–H and O–H groups in total. The average Bonchev–Trinajstić information content (AvgIpc) is 2.95. The Kier molecular flexibility index (Phi) is 5.93. The van der Waals surface area contributed by atoms with E-state index in [1.54, 1.807) is 30.7 Å². The number of methoxy groups -OCH3 is 1. The van der Waals surface area contributed by atoms with Crippen molar-refractivity contribution < 1.29 is 19.4 Å². The van der Waals surface area contributed by atoms with Gasteiger partial charge in [0.1, 0.15) is 0 Å². The fourth-order valence-electron chi connectivity index (χ4n) is 1.75. The van der Waals surface area contributed by atoms with E-state index in [1.165, 1.54) is 24.5 Å². The van der Waals surface area contributed by atoms with E-state index in [-0.39, 0.29) is 18.1 Å². The largest absolute Gasteiger partial charge is 0.504 e. The van der Waals surface area contributed by atoms with Crippen LogP contribution in [-0.4, -0.2) is 36.0 Å². The van der Waals surface area contributed by atoms with Crippen LogP contribution in [0.3, 0.4) is 0 Å². The number of hydrazone groups is 1. The molecule has 0 aliphatic heterocycles. The van der Waals surface area contributed by atoms with E-state index < -0.39 is 0 Å². The molecule has 0 saturated carbocycles. The van der Waals surface area contributed by atoms with Crippen molar-refractivity contribution in [3.8, 4) is 11.5 Å². The van der Waals surface area contributed by atoms with E-state index in [0.717, 1.165) is 0 Å². The van der Waals surface area contributed by atoms with E-state index in [0.29, 0.717) is 28.7 Å². The minimum atomic E-state index is -0.304. The molecule has 1 aromatic heterocycles. The monoisotopic (exact) mass is 335 g/mol. The SMILES string of the molecule is CCOC(=O)Cc1csc(NN=Cc2ccc(OC)c(O)c2)n1. The van der Waals surface area contributed by atoms with Gasteiger partial charge in [-0.25, -0.2) is 4.98 Å². The number of carbonyl (C=O) groups excluding carboxylic acids is 1. The van der Waals surface area contributed by atoms with Crippen LogP contribution in [0.1, 0.15) is 18.2 Å². The molecule has 2 aromatic rings. The Hall–Kier alpha value is -2.61. The van der Waals surface area contributed by atoms with Gasteiger partial charge in [-0.1, -0.05) is 0 Å². The number of nitrogens with zero attached hydrogens (tertiary/aromatic N) is 2. The molecule has 0 atom stereocenters. The summed E-state index contributed by atoms with van der Waals surface area (Å²) >= 11 is 1.34. The van der Waals surface area contributed by atoms with Gasteiger partial charge in [0.25, 0.3) is 0 Å². The Labute approximate surface area is 137 Å². The highest BCUT2D eigenvalue weighted by Crippen LogP contribution is 2.25. The van der Waals surface area contributed by atoms with Gasteiger partial charge in [-0.2, -0.15) is 5.10 Å². The molecule has 7 nitrogen and oxygen atoms in total. The maximum atomic E-state index is 11.4. The Bertz CT molecular complexity index is 700. The Morgan fingerprint density at radius 1 is 1.52 bits per heavy atom.